The quantitative estimate of drug-likeness (QED) is 0.413. The minimum Gasteiger partial charge on any atom is -0.394 e. The molecule has 7 atom stereocenters. The van der Waals surface area contributed by atoms with Gasteiger partial charge in [0.05, 0.1) is 19.3 Å². The molecule has 2 aliphatic rings. The van der Waals surface area contributed by atoms with Gasteiger partial charge in [-0.25, -0.2) is 0 Å². The van der Waals surface area contributed by atoms with Crippen LogP contribution in [-0.2, 0) is 9.47 Å². The zero-order valence-corrected chi connectivity index (χ0v) is 13.2. The van der Waals surface area contributed by atoms with Crippen molar-refractivity contribution in [2.24, 2.45) is 5.92 Å². The van der Waals surface area contributed by atoms with Crippen LogP contribution in [-0.4, -0.2) is 75.6 Å². The van der Waals surface area contributed by atoms with Crippen LogP contribution in [0, 0.1) is 5.92 Å². The number of hydrogen-bond donors (Lipinski definition) is 5. The van der Waals surface area contributed by atoms with E-state index < -0.39 is 43.4 Å². The Balaban J connectivity index is 1.93. The van der Waals surface area contributed by atoms with Gasteiger partial charge in [-0.1, -0.05) is 18.2 Å². The number of ether oxygens (including phenoxy) is 2. The third-order valence-electron chi connectivity index (χ3n) is 4.56. The van der Waals surface area contributed by atoms with E-state index in [1.807, 2.05) is 13.0 Å². The fraction of sp³-hybridized carbons (Fsp3) is 0.750. The SMILES string of the molecule is C=C(C)[C@@H]1CC=C(CO[C@@H]2O[C@H](CO)[C@@H](O)[C@H](O)[C@H]2O)[C@@H](O)C1. The van der Waals surface area contributed by atoms with E-state index >= 15 is 0 Å². The molecule has 1 fully saturated rings. The normalized spacial score (nSPS) is 41.5. The molecule has 0 unspecified atom stereocenters. The Kier molecular flexibility index (Phi) is 6.33. The van der Waals surface area contributed by atoms with E-state index in [0.717, 1.165) is 12.0 Å². The highest BCUT2D eigenvalue weighted by Crippen LogP contribution is 2.29. The molecule has 0 saturated carbocycles. The topological polar surface area (TPSA) is 120 Å². The molecule has 1 aliphatic carbocycles. The number of allylic oxidation sites excluding steroid dienone is 2. The lowest BCUT2D eigenvalue weighted by Crippen LogP contribution is -2.59. The van der Waals surface area contributed by atoms with E-state index in [2.05, 4.69) is 6.58 Å². The Morgan fingerprint density at radius 1 is 1.26 bits per heavy atom. The van der Waals surface area contributed by atoms with Gasteiger partial charge in [0.1, 0.15) is 24.4 Å². The molecule has 5 N–H and O–H groups in total. The fourth-order valence-electron chi connectivity index (χ4n) is 2.89. The van der Waals surface area contributed by atoms with Crippen molar-refractivity contribution in [2.45, 2.75) is 56.6 Å². The second-order valence-electron chi connectivity index (χ2n) is 6.32. The van der Waals surface area contributed by atoms with Gasteiger partial charge in [-0.15, -0.1) is 0 Å². The van der Waals surface area contributed by atoms with Gasteiger partial charge < -0.3 is 35.0 Å². The minimum absolute atomic E-state index is 0.0345. The highest BCUT2D eigenvalue weighted by atomic mass is 16.7. The van der Waals surface area contributed by atoms with Crippen LogP contribution in [0.1, 0.15) is 19.8 Å². The van der Waals surface area contributed by atoms with E-state index in [4.69, 9.17) is 14.6 Å². The molecule has 0 aromatic heterocycles. The number of aliphatic hydroxyl groups is 5. The van der Waals surface area contributed by atoms with Gasteiger partial charge in [0.2, 0.25) is 0 Å². The first-order valence-electron chi connectivity index (χ1n) is 7.79. The van der Waals surface area contributed by atoms with Crippen LogP contribution in [0.25, 0.3) is 0 Å². The standard InChI is InChI=1S/C16H26O7/c1-8(2)9-3-4-10(11(18)5-9)7-22-16-15(21)14(20)13(19)12(6-17)23-16/h4,9,11-21H,1,3,5-7H2,2H3/t9-,11+,12-,13-,14+,15-,16-/m1/s1. The van der Waals surface area contributed by atoms with Gasteiger partial charge in [0, 0.05) is 0 Å². The van der Waals surface area contributed by atoms with Gasteiger partial charge in [-0.3, -0.25) is 0 Å². The largest absolute Gasteiger partial charge is 0.394 e. The lowest BCUT2D eigenvalue weighted by atomic mass is 9.84. The van der Waals surface area contributed by atoms with Crippen molar-refractivity contribution >= 4 is 0 Å². The molecule has 0 spiro atoms. The molecule has 0 bridgehead atoms. The molecular weight excluding hydrogens is 304 g/mol. The predicted molar refractivity (Wildman–Crippen MR) is 81.3 cm³/mol. The Morgan fingerprint density at radius 3 is 2.52 bits per heavy atom. The predicted octanol–water partition coefficient (Wildman–Crippen LogP) is -0.924. The monoisotopic (exact) mass is 330 g/mol. The Bertz CT molecular complexity index is 448. The molecule has 7 heteroatoms. The van der Waals surface area contributed by atoms with Gasteiger partial charge in [-0.2, -0.15) is 0 Å². The Morgan fingerprint density at radius 2 is 1.96 bits per heavy atom. The summed E-state index contributed by atoms with van der Waals surface area (Å²) < 4.78 is 10.7. The van der Waals surface area contributed by atoms with Crippen LogP contribution in [0.15, 0.2) is 23.8 Å². The van der Waals surface area contributed by atoms with Crippen molar-refractivity contribution in [2.75, 3.05) is 13.2 Å². The van der Waals surface area contributed by atoms with E-state index in [9.17, 15) is 20.4 Å². The second kappa shape index (κ2) is 7.85. The van der Waals surface area contributed by atoms with E-state index in [-0.39, 0.29) is 12.5 Å². The summed E-state index contributed by atoms with van der Waals surface area (Å²) in [6.45, 7) is 5.36. The zero-order chi connectivity index (χ0) is 17.1. The molecular formula is C16H26O7. The van der Waals surface area contributed by atoms with Crippen molar-refractivity contribution in [1.29, 1.82) is 0 Å². The summed E-state index contributed by atoms with van der Waals surface area (Å²) in [4.78, 5) is 0. The number of aliphatic hydroxyl groups excluding tert-OH is 5. The van der Waals surface area contributed by atoms with Crippen molar-refractivity contribution in [3.63, 3.8) is 0 Å². The van der Waals surface area contributed by atoms with Crippen LogP contribution >= 0.6 is 0 Å². The van der Waals surface area contributed by atoms with Crippen molar-refractivity contribution < 1.29 is 35.0 Å². The van der Waals surface area contributed by atoms with Gasteiger partial charge in [0.25, 0.3) is 0 Å². The summed E-state index contributed by atoms with van der Waals surface area (Å²) in [5.74, 6) is 0.237. The van der Waals surface area contributed by atoms with Crippen LogP contribution in [0.3, 0.4) is 0 Å². The summed E-state index contributed by atoms with van der Waals surface area (Å²) >= 11 is 0. The Labute approximate surface area is 135 Å². The van der Waals surface area contributed by atoms with E-state index in [1.165, 1.54) is 0 Å². The van der Waals surface area contributed by atoms with Gasteiger partial charge >= 0.3 is 0 Å². The maximum absolute atomic E-state index is 10.2. The first-order chi connectivity index (χ1) is 10.8. The summed E-state index contributed by atoms with van der Waals surface area (Å²) in [5, 5.41) is 48.6. The average molecular weight is 330 g/mol. The molecule has 7 nitrogen and oxygen atoms in total. The van der Waals surface area contributed by atoms with Gasteiger partial charge in [-0.05, 0) is 31.3 Å². The van der Waals surface area contributed by atoms with Crippen molar-refractivity contribution in [1.82, 2.24) is 0 Å². The second-order valence-corrected chi connectivity index (χ2v) is 6.32. The molecule has 0 aromatic rings. The molecule has 1 aliphatic heterocycles. The van der Waals surface area contributed by atoms with Gasteiger partial charge in [0.15, 0.2) is 6.29 Å². The first kappa shape index (κ1) is 18.5. The molecule has 0 radical (unpaired) electrons. The maximum atomic E-state index is 10.2. The Hall–Kier alpha value is -0.800. The minimum atomic E-state index is -1.47. The summed E-state index contributed by atoms with van der Waals surface area (Å²) in [7, 11) is 0. The van der Waals surface area contributed by atoms with Crippen LogP contribution in [0.5, 0.6) is 0 Å². The zero-order valence-electron chi connectivity index (χ0n) is 13.2. The molecule has 0 aromatic carbocycles. The maximum Gasteiger partial charge on any atom is 0.187 e. The highest BCUT2D eigenvalue weighted by Gasteiger charge is 2.44. The summed E-state index contributed by atoms with van der Waals surface area (Å²) in [6, 6.07) is 0. The van der Waals surface area contributed by atoms with Crippen LogP contribution in [0.4, 0.5) is 0 Å². The lowest BCUT2D eigenvalue weighted by molar-refractivity contribution is -0.299. The molecule has 132 valence electrons. The molecule has 23 heavy (non-hydrogen) atoms. The van der Waals surface area contributed by atoms with E-state index in [1.54, 1.807) is 0 Å². The molecule has 1 saturated heterocycles. The lowest BCUT2D eigenvalue weighted by Gasteiger charge is -2.40. The molecule has 1 heterocycles. The summed E-state index contributed by atoms with van der Waals surface area (Å²) in [6.07, 6.45) is -3.94. The number of rotatable bonds is 5. The highest BCUT2D eigenvalue weighted by molar-refractivity contribution is 5.17. The average Bonchev–Trinajstić information content (AvgIpc) is 2.53. The van der Waals surface area contributed by atoms with Crippen LogP contribution in [0.2, 0.25) is 0 Å². The first-order valence-corrected chi connectivity index (χ1v) is 7.79. The smallest absolute Gasteiger partial charge is 0.187 e. The third-order valence-corrected chi connectivity index (χ3v) is 4.56. The van der Waals surface area contributed by atoms with Crippen LogP contribution < -0.4 is 0 Å². The molecule has 0 amide bonds. The summed E-state index contributed by atoms with van der Waals surface area (Å²) in [5.41, 5.74) is 1.70. The fourth-order valence-corrected chi connectivity index (χ4v) is 2.89. The van der Waals surface area contributed by atoms with E-state index in [0.29, 0.717) is 12.0 Å². The number of hydrogen-bond acceptors (Lipinski definition) is 7. The molecule has 2 rings (SSSR count). The van der Waals surface area contributed by atoms with Crippen molar-refractivity contribution in [3.8, 4) is 0 Å². The van der Waals surface area contributed by atoms with Crippen molar-refractivity contribution in [3.05, 3.63) is 23.8 Å². The third kappa shape index (κ3) is 4.19.